The van der Waals surface area contributed by atoms with Crippen LogP contribution in [0, 0.1) is 25.5 Å². The molecule has 37 heavy (non-hydrogen) atoms. The van der Waals surface area contributed by atoms with Crippen molar-refractivity contribution in [2.45, 2.75) is 64.3 Å². The van der Waals surface area contributed by atoms with E-state index in [0.29, 0.717) is 0 Å². The van der Waals surface area contributed by atoms with Gasteiger partial charge in [-0.15, -0.1) is 0 Å². The number of amides is 1. The van der Waals surface area contributed by atoms with Crippen LogP contribution >= 0.6 is 0 Å². The molecule has 0 spiro atoms. The van der Waals surface area contributed by atoms with E-state index in [1.165, 1.54) is 12.5 Å². The van der Waals surface area contributed by atoms with Crippen LogP contribution in [-0.2, 0) is 17.6 Å². The Morgan fingerprint density at radius 2 is 1.89 bits per heavy atom. The fourth-order valence-corrected chi connectivity index (χ4v) is 4.91. The Kier molecular flexibility index (Phi) is 7.96. The average molecular weight is 511 g/mol. The van der Waals surface area contributed by atoms with Crippen molar-refractivity contribution in [1.29, 1.82) is 0 Å². The lowest BCUT2D eigenvalue weighted by atomic mass is 9.85. The van der Waals surface area contributed by atoms with Crippen LogP contribution in [0.4, 0.5) is 8.78 Å². The van der Waals surface area contributed by atoms with Gasteiger partial charge in [0.15, 0.2) is 5.79 Å². The Morgan fingerprint density at radius 1 is 1.16 bits per heavy atom. The van der Waals surface area contributed by atoms with Crippen LogP contribution < -0.4 is 10.6 Å². The molecule has 196 valence electrons. The summed E-state index contributed by atoms with van der Waals surface area (Å²) < 4.78 is 27.4. The third-order valence-corrected chi connectivity index (χ3v) is 6.72. The third kappa shape index (κ3) is 6.54. The molecular weight excluding hydrogens is 478 g/mol. The highest BCUT2D eigenvalue weighted by molar-refractivity contribution is 5.73. The quantitative estimate of drug-likeness (QED) is 0.346. The first-order valence-electron chi connectivity index (χ1n) is 12.4. The van der Waals surface area contributed by atoms with Crippen LogP contribution in [0.5, 0.6) is 0 Å². The molecule has 0 fully saturated rings. The molecule has 0 unspecified atom stereocenters. The molecule has 4 N–H and O–H groups in total. The number of benzene rings is 2. The van der Waals surface area contributed by atoms with E-state index in [2.05, 4.69) is 32.7 Å². The molecule has 0 saturated carbocycles. The highest BCUT2D eigenvalue weighted by Crippen LogP contribution is 2.34. The minimum Gasteiger partial charge on any atom is -0.363 e. The number of aromatic nitrogens is 2. The number of hydrogen-bond acceptors (Lipinski definition) is 6. The number of rotatable bonds is 8. The van der Waals surface area contributed by atoms with Crippen molar-refractivity contribution >= 4 is 5.91 Å². The molecule has 9 heteroatoms. The molecule has 0 aliphatic heterocycles. The van der Waals surface area contributed by atoms with Gasteiger partial charge in [0.25, 0.3) is 0 Å². The van der Waals surface area contributed by atoms with E-state index in [1.54, 1.807) is 6.20 Å². The van der Waals surface area contributed by atoms with Gasteiger partial charge in [-0.2, -0.15) is 0 Å². The average Bonchev–Trinajstić information content (AvgIpc) is 2.82. The number of aliphatic hydroxyl groups is 2. The smallest absolute Gasteiger partial charge is 0.217 e. The molecule has 7 nitrogen and oxygen atoms in total. The minimum absolute atomic E-state index is 0.162. The Balaban J connectivity index is 1.55. The minimum atomic E-state index is -2.39. The molecule has 2 atom stereocenters. The predicted octanol–water partition coefficient (Wildman–Crippen LogP) is 3.43. The van der Waals surface area contributed by atoms with Crippen molar-refractivity contribution in [3.63, 3.8) is 0 Å². The van der Waals surface area contributed by atoms with Gasteiger partial charge < -0.3 is 20.8 Å². The molecule has 3 aromatic rings. The molecule has 1 aromatic heterocycles. The maximum atomic E-state index is 13.7. The lowest BCUT2D eigenvalue weighted by molar-refractivity contribution is -0.182. The first kappa shape index (κ1) is 26.8. The van der Waals surface area contributed by atoms with Gasteiger partial charge in [0, 0.05) is 30.8 Å². The summed E-state index contributed by atoms with van der Waals surface area (Å²) in [6.45, 7) is 4.78. The number of carbonyl (C=O) groups is 1. The van der Waals surface area contributed by atoms with E-state index >= 15 is 0 Å². The molecule has 4 rings (SSSR count). The van der Waals surface area contributed by atoms with Crippen molar-refractivity contribution in [1.82, 2.24) is 20.6 Å². The fraction of sp³-hybridized carbons (Fsp3) is 0.393. The van der Waals surface area contributed by atoms with Gasteiger partial charge in [0.05, 0.1) is 29.7 Å². The summed E-state index contributed by atoms with van der Waals surface area (Å²) in [7, 11) is 0. The zero-order chi connectivity index (χ0) is 26.7. The highest BCUT2D eigenvalue weighted by Gasteiger charge is 2.36. The van der Waals surface area contributed by atoms with E-state index in [4.69, 9.17) is 0 Å². The Bertz CT molecular complexity index is 1280. The number of nitrogens with zero attached hydrogens (tertiary/aromatic N) is 2. The van der Waals surface area contributed by atoms with Crippen LogP contribution in [-0.4, -0.2) is 44.5 Å². The summed E-state index contributed by atoms with van der Waals surface area (Å²) in [4.78, 5) is 20.9. The van der Waals surface area contributed by atoms with Crippen LogP contribution in [0.25, 0.3) is 11.3 Å². The summed E-state index contributed by atoms with van der Waals surface area (Å²) in [6.07, 6.45) is 4.18. The molecule has 1 aliphatic carbocycles. The molecule has 0 radical (unpaired) electrons. The monoisotopic (exact) mass is 510 g/mol. The van der Waals surface area contributed by atoms with Gasteiger partial charge in [0.1, 0.15) is 11.6 Å². The lowest BCUT2D eigenvalue weighted by Crippen LogP contribution is -2.58. The first-order chi connectivity index (χ1) is 17.5. The predicted molar refractivity (Wildman–Crippen MR) is 135 cm³/mol. The summed E-state index contributed by atoms with van der Waals surface area (Å²) in [5.41, 5.74) is 5.80. The Morgan fingerprint density at radius 3 is 2.59 bits per heavy atom. The van der Waals surface area contributed by atoms with Gasteiger partial charge in [-0.1, -0.05) is 12.1 Å². The molecule has 2 aromatic carbocycles. The van der Waals surface area contributed by atoms with Crippen molar-refractivity contribution < 1.29 is 23.8 Å². The number of aryl methyl sites for hydroxylation is 3. The van der Waals surface area contributed by atoms with Gasteiger partial charge >= 0.3 is 0 Å². The van der Waals surface area contributed by atoms with Crippen LogP contribution in [0.2, 0.25) is 0 Å². The zero-order valence-corrected chi connectivity index (χ0v) is 21.2. The molecular formula is C28H32F2N4O3. The first-order valence-corrected chi connectivity index (χ1v) is 12.4. The third-order valence-electron chi connectivity index (χ3n) is 6.72. The zero-order valence-electron chi connectivity index (χ0n) is 21.2. The maximum absolute atomic E-state index is 13.7. The van der Waals surface area contributed by atoms with Crippen molar-refractivity contribution in [3.8, 4) is 11.3 Å². The van der Waals surface area contributed by atoms with E-state index in [0.717, 1.165) is 65.7 Å². The second kappa shape index (κ2) is 11.0. The number of fused-ring (bicyclic) bond motifs is 1. The van der Waals surface area contributed by atoms with Gasteiger partial charge in [-0.05, 0) is 74.4 Å². The van der Waals surface area contributed by atoms with Crippen molar-refractivity contribution in [2.75, 3.05) is 6.54 Å². The second-order valence-corrected chi connectivity index (χ2v) is 9.80. The maximum Gasteiger partial charge on any atom is 0.217 e. The van der Waals surface area contributed by atoms with E-state index in [1.807, 2.05) is 19.9 Å². The van der Waals surface area contributed by atoms with E-state index < -0.39 is 29.4 Å². The Hall–Kier alpha value is -3.27. The number of nitrogens with one attached hydrogen (secondary N) is 2. The summed E-state index contributed by atoms with van der Waals surface area (Å²) in [5.74, 6) is -4.43. The van der Waals surface area contributed by atoms with Crippen LogP contribution in [0.1, 0.15) is 53.9 Å². The largest absolute Gasteiger partial charge is 0.363 e. The highest BCUT2D eigenvalue weighted by atomic mass is 19.1. The standard InChI is InChI=1S/C28H32F2N4O3/c1-16-14-31-17(2)27(33-16)21-8-7-20-5-4-6-25(24(20)12-21)32-15-28(36,37)26(34-18(3)35)11-19-9-22(29)13-23(30)10-19/h7-10,12-14,25-26,32,36-37H,4-6,11,15H2,1-3H3,(H,34,35)/t25-,26-/m0/s1. The molecule has 1 aliphatic rings. The molecule has 0 saturated heterocycles. The molecule has 0 bridgehead atoms. The number of halogens is 2. The molecule has 1 heterocycles. The SMILES string of the molecule is CC(=O)N[C@@H](Cc1cc(F)cc(F)c1)C(O)(O)CN[C@H]1CCCc2ccc(-c3nc(C)cnc3C)cc21. The lowest BCUT2D eigenvalue weighted by Gasteiger charge is -2.35. The summed E-state index contributed by atoms with van der Waals surface area (Å²) in [5, 5.41) is 27.7. The van der Waals surface area contributed by atoms with E-state index in [-0.39, 0.29) is 24.6 Å². The topological polar surface area (TPSA) is 107 Å². The van der Waals surface area contributed by atoms with Crippen molar-refractivity contribution in [2.24, 2.45) is 0 Å². The van der Waals surface area contributed by atoms with Gasteiger partial charge in [-0.25, -0.2) is 13.8 Å². The summed E-state index contributed by atoms with van der Waals surface area (Å²) >= 11 is 0. The normalized spacial score (nSPS) is 16.2. The number of carbonyl (C=O) groups excluding carboxylic acids is 1. The number of hydrogen-bond donors (Lipinski definition) is 4. The van der Waals surface area contributed by atoms with Gasteiger partial charge in [-0.3, -0.25) is 9.78 Å². The van der Waals surface area contributed by atoms with Gasteiger partial charge in [0.2, 0.25) is 5.91 Å². The van der Waals surface area contributed by atoms with Crippen LogP contribution in [0.15, 0.2) is 42.6 Å². The fourth-order valence-electron chi connectivity index (χ4n) is 4.91. The summed E-state index contributed by atoms with van der Waals surface area (Å²) in [6, 6.07) is 7.77. The van der Waals surface area contributed by atoms with E-state index in [9.17, 15) is 23.8 Å². The Labute approximate surface area is 215 Å². The molecule has 1 amide bonds. The van der Waals surface area contributed by atoms with Crippen molar-refractivity contribution in [3.05, 3.63) is 82.3 Å². The second-order valence-electron chi connectivity index (χ2n) is 9.80. The van der Waals surface area contributed by atoms with Crippen LogP contribution in [0.3, 0.4) is 0 Å².